The Morgan fingerprint density at radius 1 is 1.00 bits per heavy atom. The predicted octanol–water partition coefficient (Wildman–Crippen LogP) is 4.47. The molecule has 0 aromatic heterocycles. The Morgan fingerprint density at radius 3 is 2.29 bits per heavy atom. The van der Waals surface area contributed by atoms with Crippen molar-refractivity contribution in [1.82, 2.24) is 0 Å². The van der Waals surface area contributed by atoms with E-state index in [1.807, 2.05) is 31.2 Å². The van der Waals surface area contributed by atoms with Crippen molar-refractivity contribution in [3.05, 3.63) is 54.1 Å². The Balaban J connectivity index is 2.13. The third kappa shape index (κ3) is 4.08. The summed E-state index contributed by atoms with van der Waals surface area (Å²) in [7, 11) is 1.61. The first kappa shape index (κ1) is 15.1. The van der Waals surface area contributed by atoms with E-state index in [2.05, 4.69) is 10.1 Å². The number of hydrogen-bond donors (Lipinski definition) is 1. The molecule has 2 aromatic rings. The summed E-state index contributed by atoms with van der Waals surface area (Å²) in [4.78, 5) is 0. The molecule has 21 heavy (non-hydrogen) atoms. The number of alkyl halides is 2. The van der Waals surface area contributed by atoms with Gasteiger partial charge in [-0.05, 0) is 36.8 Å². The molecule has 3 nitrogen and oxygen atoms in total. The second-order valence-corrected chi connectivity index (χ2v) is 4.51. The first-order valence-electron chi connectivity index (χ1n) is 6.54. The van der Waals surface area contributed by atoms with E-state index in [1.54, 1.807) is 25.3 Å². The third-order valence-corrected chi connectivity index (χ3v) is 3.09. The zero-order valence-corrected chi connectivity index (χ0v) is 11.8. The quantitative estimate of drug-likeness (QED) is 0.852. The van der Waals surface area contributed by atoms with Crippen molar-refractivity contribution < 1.29 is 18.3 Å². The summed E-state index contributed by atoms with van der Waals surface area (Å²) in [6.45, 7) is -0.898. The van der Waals surface area contributed by atoms with Crippen molar-refractivity contribution in [2.24, 2.45) is 0 Å². The van der Waals surface area contributed by atoms with Gasteiger partial charge in [-0.1, -0.05) is 24.3 Å². The molecule has 0 bridgehead atoms. The first-order chi connectivity index (χ1) is 10.1. The molecular weight excluding hydrogens is 276 g/mol. The molecule has 2 aromatic carbocycles. The van der Waals surface area contributed by atoms with Crippen LogP contribution in [-0.2, 0) is 0 Å². The molecule has 0 fully saturated rings. The molecule has 5 heteroatoms. The summed E-state index contributed by atoms with van der Waals surface area (Å²) in [5, 5.41) is 3.17. The molecule has 0 spiro atoms. The molecule has 2 rings (SSSR count). The number of ether oxygens (including phenoxy) is 2. The molecule has 0 heterocycles. The molecule has 0 radical (unpaired) electrons. The van der Waals surface area contributed by atoms with Gasteiger partial charge in [0.05, 0.1) is 12.8 Å². The normalized spacial score (nSPS) is 12.0. The maximum absolute atomic E-state index is 12.4. The topological polar surface area (TPSA) is 30.5 Å². The van der Waals surface area contributed by atoms with E-state index in [0.717, 1.165) is 11.3 Å². The van der Waals surface area contributed by atoms with Gasteiger partial charge in [-0.25, -0.2) is 0 Å². The lowest BCUT2D eigenvalue weighted by Crippen LogP contribution is -2.10. The lowest BCUT2D eigenvalue weighted by atomic mass is 10.1. The highest BCUT2D eigenvalue weighted by molar-refractivity contribution is 5.57. The SMILES string of the molecule is COc1ccc(C(C)Nc2ccccc2OC(F)F)cc1. The highest BCUT2D eigenvalue weighted by Crippen LogP contribution is 2.29. The van der Waals surface area contributed by atoms with Crippen LogP contribution in [0, 0.1) is 0 Å². The molecule has 1 N–H and O–H groups in total. The number of rotatable bonds is 6. The van der Waals surface area contributed by atoms with Crippen LogP contribution in [0.2, 0.25) is 0 Å². The number of halogens is 2. The summed E-state index contributed by atoms with van der Waals surface area (Å²) in [6, 6.07) is 14.1. The van der Waals surface area contributed by atoms with Crippen molar-refractivity contribution in [2.45, 2.75) is 19.6 Å². The fourth-order valence-corrected chi connectivity index (χ4v) is 1.99. The van der Waals surface area contributed by atoms with E-state index in [-0.39, 0.29) is 11.8 Å². The molecule has 0 aliphatic rings. The average molecular weight is 293 g/mol. The molecule has 0 amide bonds. The molecule has 0 saturated heterocycles. The zero-order valence-electron chi connectivity index (χ0n) is 11.8. The van der Waals surface area contributed by atoms with Crippen molar-refractivity contribution in [3.8, 4) is 11.5 Å². The van der Waals surface area contributed by atoms with Crippen LogP contribution < -0.4 is 14.8 Å². The van der Waals surface area contributed by atoms with E-state index in [4.69, 9.17) is 4.74 Å². The van der Waals surface area contributed by atoms with Crippen LogP contribution >= 0.6 is 0 Å². The van der Waals surface area contributed by atoms with Gasteiger partial charge < -0.3 is 14.8 Å². The minimum atomic E-state index is -2.84. The summed E-state index contributed by atoms with van der Waals surface area (Å²) in [5.41, 5.74) is 1.55. The zero-order chi connectivity index (χ0) is 15.2. The van der Waals surface area contributed by atoms with Crippen molar-refractivity contribution >= 4 is 5.69 Å². The molecule has 112 valence electrons. The van der Waals surface area contributed by atoms with Crippen molar-refractivity contribution in [3.63, 3.8) is 0 Å². The molecule has 0 aliphatic heterocycles. The standard InChI is InChI=1S/C16H17F2NO2/c1-11(12-7-9-13(20-2)10-8-12)19-14-5-3-4-6-15(14)21-16(17)18/h3-11,16,19H,1-2H3. The van der Waals surface area contributed by atoms with E-state index in [1.165, 1.54) is 6.07 Å². The fourth-order valence-electron chi connectivity index (χ4n) is 1.99. The fraction of sp³-hybridized carbons (Fsp3) is 0.250. The van der Waals surface area contributed by atoms with Crippen LogP contribution in [0.15, 0.2) is 48.5 Å². The summed E-state index contributed by atoms with van der Waals surface area (Å²) in [6.07, 6.45) is 0. The monoisotopic (exact) mass is 293 g/mol. The Hall–Kier alpha value is -2.30. The largest absolute Gasteiger partial charge is 0.497 e. The minimum absolute atomic E-state index is 0.0571. The van der Waals surface area contributed by atoms with Crippen LogP contribution in [0.3, 0.4) is 0 Å². The molecule has 1 unspecified atom stereocenters. The lowest BCUT2D eigenvalue weighted by molar-refractivity contribution is -0.0493. The minimum Gasteiger partial charge on any atom is -0.497 e. The van der Waals surface area contributed by atoms with E-state index < -0.39 is 6.61 Å². The second-order valence-electron chi connectivity index (χ2n) is 4.51. The summed E-state index contributed by atoms with van der Waals surface area (Å²) >= 11 is 0. The average Bonchev–Trinajstić information content (AvgIpc) is 2.49. The molecule has 1 atom stereocenters. The lowest BCUT2D eigenvalue weighted by Gasteiger charge is -2.18. The maximum Gasteiger partial charge on any atom is 0.387 e. The van der Waals surface area contributed by atoms with Gasteiger partial charge in [-0.15, -0.1) is 0 Å². The van der Waals surface area contributed by atoms with Crippen LogP contribution in [0.4, 0.5) is 14.5 Å². The van der Waals surface area contributed by atoms with Gasteiger partial charge in [0.1, 0.15) is 11.5 Å². The van der Waals surface area contributed by atoms with Gasteiger partial charge in [-0.3, -0.25) is 0 Å². The van der Waals surface area contributed by atoms with Gasteiger partial charge in [0.25, 0.3) is 0 Å². The molecular formula is C16H17F2NO2. The van der Waals surface area contributed by atoms with Crippen LogP contribution in [0.1, 0.15) is 18.5 Å². The van der Waals surface area contributed by atoms with Crippen molar-refractivity contribution in [2.75, 3.05) is 12.4 Å². The van der Waals surface area contributed by atoms with Crippen LogP contribution in [-0.4, -0.2) is 13.7 Å². The highest BCUT2D eigenvalue weighted by Gasteiger charge is 2.12. The summed E-state index contributed by atoms with van der Waals surface area (Å²) < 4.78 is 34.4. The van der Waals surface area contributed by atoms with E-state index >= 15 is 0 Å². The number of para-hydroxylation sites is 2. The number of anilines is 1. The number of nitrogens with one attached hydrogen (secondary N) is 1. The predicted molar refractivity (Wildman–Crippen MR) is 78.1 cm³/mol. The Morgan fingerprint density at radius 2 is 1.67 bits per heavy atom. The van der Waals surface area contributed by atoms with E-state index in [9.17, 15) is 8.78 Å². The maximum atomic E-state index is 12.4. The number of methoxy groups -OCH3 is 1. The molecule has 0 saturated carbocycles. The van der Waals surface area contributed by atoms with Gasteiger partial charge in [-0.2, -0.15) is 8.78 Å². The second kappa shape index (κ2) is 6.92. The molecule has 0 aliphatic carbocycles. The van der Waals surface area contributed by atoms with E-state index in [0.29, 0.717) is 5.69 Å². The van der Waals surface area contributed by atoms with Crippen LogP contribution in [0.25, 0.3) is 0 Å². The van der Waals surface area contributed by atoms with Gasteiger partial charge >= 0.3 is 6.61 Å². The highest BCUT2D eigenvalue weighted by atomic mass is 19.3. The smallest absolute Gasteiger partial charge is 0.387 e. The Kier molecular flexibility index (Phi) is 4.98. The van der Waals surface area contributed by atoms with Gasteiger partial charge in [0.2, 0.25) is 0 Å². The third-order valence-electron chi connectivity index (χ3n) is 3.09. The Bertz CT molecular complexity index is 573. The number of benzene rings is 2. The number of hydrogen-bond acceptors (Lipinski definition) is 3. The first-order valence-corrected chi connectivity index (χ1v) is 6.54. The van der Waals surface area contributed by atoms with Gasteiger partial charge in [0, 0.05) is 6.04 Å². The summed E-state index contributed by atoms with van der Waals surface area (Å²) in [5.74, 6) is 0.903. The Labute approximate surface area is 122 Å². The van der Waals surface area contributed by atoms with Crippen molar-refractivity contribution in [1.29, 1.82) is 0 Å². The van der Waals surface area contributed by atoms with Crippen LogP contribution in [0.5, 0.6) is 11.5 Å². The van der Waals surface area contributed by atoms with Gasteiger partial charge in [0.15, 0.2) is 0 Å².